The van der Waals surface area contributed by atoms with Crippen molar-refractivity contribution in [3.63, 3.8) is 0 Å². The lowest BCUT2D eigenvalue weighted by Gasteiger charge is -2.06. The number of aromatic nitrogens is 1. The SMILES string of the molecule is BrCCCCOc1ccc2ccc(Br)nc2c1. The van der Waals surface area contributed by atoms with E-state index in [1.54, 1.807) is 0 Å². The number of nitrogens with zero attached hydrogens (tertiary/aromatic N) is 1. The van der Waals surface area contributed by atoms with Gasteiger partial charge in [0, 0.05) is 16.8 Å². The number of benzene rings is 1. The minimum atomic E-state index is 0.755. The summed E-state index contributed by atoms with van der Waals surface area (Å²) in [5, 5.41) is 2.16. The zero-order valence-corrected chi connectivity index (χ0v) is 12.5. The summed E-state index contributed by atoms with van der Waals surface area (Å²) in [5.74, 6) is 0.887. The summed E-state index contributed by atoms with van der Waals surface area (Å²) in [6.45, 7) is 0.755. The number of rotatable bonds is 5. The number of pyridine rings is 1. The molecule has 2 nitrogen and oxygen atoms in total. The molecule has 2 aromatic rings. The van der Waals surface area contributed by atoms with Gasteiger partial charge in [0.05, 0.1) is 12.1 Å². The number of hydrogen-bond acceptors (Lipinski definition) is 2. The third-order valence-corrected chi connectivity index (χ3v) is 3.43. The number of alkyl halides is 1. The van der Waals surface area contributed by atoms with E-state index in [0.29, 0.717) is 0 Å². The Kier molecular flexibility index (Phi) is 4.80. The van der Waals surface area contributed by atoms with Crippen LogP contribution in [0.1, 0.15) is 12.8 Å². The van der Waals surface area contributed by atoms with Gasteiger partial charge in [-0.1, -0.05) is 22.0 Å². The van der Waals surface area contributed by atoms with Crippen LogP contribution >= 0.6 is 31.9 Å². The molecule has 0 atom stereocenters. The lowest BCUT2D eigenvalue weighted by Crippen LogP contribution is -1.97. The van der Waals surface area contributed by atoms with E-state index in [-0.39, 0.29) is 0 Å². The van der Waals surface area contributed by atoms with Crippen LogP contribution in [-0.2, 0) is 0 Å². The summed E-state index contributed by atoms with van der Waals surface area (Å²) in [4.78, 5) is 4.41. The van der Waals surface area contributed by atoms with Crippen molar-refractivity contribution in [2.45, 2.75) is 12.8 Å². The minimum absolute atomic E-state index is 0.755. The van der Waals surface area contributed by atoms with E-state index in [1.165, 1.54) is 0 Å². The predicted molar refractivity (Wildman–Crippen MR) is 78.0 cm³/mol. The van der Waals surface area contributed by atoms with E-state index in [0.717, 1.165) is 46.0 Å². The first kappa shape index (κ1) is 12.8. The Labute approximate surface area is 118 Å². The van der Waals surface area contributed by atoms with Crippen LogP contribution in [0.5, 0.6) is 5.75 Å². The van der Waals surface area contributed by atoms with E-state index in [4.69, 9.17) is 4.74 Å². The Morgan fingerprint density at radius 1 is 1.12 bits per heavy atom. The van der Waals surface area contributed by atoms with Crippen LogP contribution in [0.4, 0.5) is 0 Å². The van der Waals surface area contributed by atoms with Crippen molar-refractivity contribution >= 4 is 42.8 Å². The molecule has 0 aliphatic carbocycles. The highest BCUT2D eigenvalue weighted by Gasteiger charge is 1.99. The normalized spacial score (nSPS) is 10.7. The molecule has 0 fully saturated rings. The van der Waals surface area contributed by atoms with Gasteiger partial charge in [0.25, 0.3) is 0 Å². The van der Waals surface area contributed by atoms with Gasteiger partial charge in [0.1, 0.15) is 10.4 Å². The average molecular weight is 359 g/mol. The van der Waals surface area contributed by atoms with Crippen LogP contribution in [0.2, 0.25) is 0 Å². The fraction of sp³-hybridized carbons (Fsp3) is 0.308. The summed E-state index contributed by atoms with van der Waals surface area (Å²) >= 11 is 6.78. The zero-order valence-electron chi connectivity index (χ0n) is 9.33. The van der Waals surface area contributed by atoms with Gasteiger partial charge in [0.2, 0.25) is 0 Å². The van der Waals surface area contributed by atoms with Crippen LogP contribution in [-0.4, -0.2) is 16.9 Å². The zero-order chi connectivity index (χ0) is 12.1. The quantitative estimate of drug-likeness (QED) is 0.444. The summed E-state index contributed by atoms with van der Waals surface area (Å²) < 4.78 is 6.53. The van der Waals surface area contributed by atoms with Crippen LogP contribution in [0.25, 0.3) is 10.9 Å². The summed E-state index contributed by atoms with van der Waals surface area (Å²) in [7, 11) is 0. The molecule has 0 saturated carbocycles. The van der Waals surface area contributed by atoms with Crippen molar-refractivity contribution in [1.29, 1.82) is 0 Å². The molecule has 2 rings (SSSR count). The molecular formula is C13H13Br2NO. The fourth-order valence-electron chi connectivity index (χ4n) is 1.55. The molecule has 0 N–H and O–H groups in total. The van der Waals surface area contributed by atoms with Crippen molar-refractivity contribution in [2.24, 2.45) is 0 Å². The van der Waals surface area contributed by atoms with Crippen molar-refractivity contribution < 1.29 is 4.74 Å². The van der Waals surface area contributed by atoms with E-state index in [9.17, 15) is 0 Å². The summed E-state index contributed by atoms with van der Waals surface area (Å²) in [5.41, 5.74) is 0.956. The van der Waals surface area contributed by atoms with Crippen molar-refractivity contribution in [2.75, 3.05) is 11.9 Å². The van der Waals surface area contributed by atoms with Crippen molar-refractivity contribution in [3.05, 3.63) is 34.9 Å². The molecule has 0 radical (unpaired) electrons. The first-order valence-corrected chi connectivity index (χ1v) is 7.46. The van der Waals surface area contributed by atoms with Gasteiger partial charge in [-0.3, -0.25) is 0 Å². The van der Waals surface area contributed by atoms with Gasteiger partial charge < -0.3 is 4.74 Å². The largest absolute Gasteiger partial charge is 0.494 e. The molecule has 0 unspecified atom stereocenters. The molecule has 1 aromatic carbocycles. The third kappa shape index (κ3) is 3.68. The van der Waals surface area contributed by atoms with Crippen LogP contribution < -0.4 is 4.74 Å². The van der Waals surface area contributed by atoms with Gasteiger partial charge in [-0.15, -0.1) is 0 Å². The number of halogens is 2. The first-order valence-electron chi connectivity index (χ1n) is 5.54. The monoisotopic (exact) mass is 357 g/mol. The average Bonchev–Trinajstić information content (AvgIpc) is 2.34. The van der Waals surface area contributed by atoms with Crippen LogP contribution in [0.3, 0.4) is 0 Å². The Bertz CT molecular complexity index is 502. The minimum Gasteiger partial charge on any atom is -0.494 e. The highest BCUT2D eigenvalue weighted by Crippen LogP contribution is 2.21. The second kappa shape index (κ2) is 6.36. The molecule has 0 aliphatic rings. The van der Waals surface area contributed by atoms with Gasteiger partial charge >= 0.3 is 0 Å². The maximum Gasteiger partial charge on any atom is 0.121 e. The second-order valence-electron chi connectivity index (χ2n) is 3.73. The molecule has 0 bridgehead atoms. The summed E-state index contributed by atoms with van der Waals surface area (Å²) in [6.07, 6.45) is 2.20. The third-order valence-electron chi connectivity index (χ3n) is 2.43. The Morgan fingerprint density at radius 3 is 2.76 bits per heavy atom. The Balaban J connectivity index is 2.08. The number of ether oxygens (including phenoxy) is 1. The van der Waals surface area contributed by atoms with Crippen LogP contribution in [0, 0.1) is 0 Å². The van der Waals surface area contributed by atoms with Gasteiger partial charge in [0.15, 0.2) is 0 Å². The number of hydrogen-bond donors (Lipinski definition) is 0. The molecule has 4 heteroatoms. The molecule has 0 saturated heterocycles. The molecule has 90 valence electrons. The maximum absolute atomic E-state index is 5.68. The lowest BCUT2D eigenvalue weighted by atomic mass is 10.2. The highest BCUT2D eigenvalue weighted by atomic mass is 79.9. The van der Waals surface area contributed by atoms with Crippen LogP contribution in [0.15, 0.2) is 34.9 Å². The molecule has 1 heterocycles. The van der Waals surface area contributed by atoms with Gasteiger partial charge in [-0.05, 0) is 47.0 Å². The molecule has 1 aromatic heterocycles. The lowest BCUT2D eigenvalue weighted by molar-refractivity contribution is 0.310. The van der Waals surface area contributed by atoms with E-state index < -0.39 is 0 Å². The van der Waals surface area contributed by atoms with Gasteiger partial charge in [-0.25, -0.2) is 4.98 Å². The highest BCUT2D eigenvalue weighted by molar-refractivity contribution is 9.10. The summed E-state index contributed by atoms with van der Waals surface area (Å²) in [6, 6.07) is 9.99. The first-order chi connectivity index (χ1) is 8.29. The molecule has 0 aliphatic heterocycles. The van der Waals surface area contributed by atoms with Crippen molar-refractivity contribution in [3.8, 4) is 5.75 Å². The van der Waals surface area contributed by atoms with Gasteiger partial charge in [-0.2, -0.15) is 0 Å². The van der Waals surface area contributed by atoms with E-state index in [1.807, 2.05) is 30.3 Å². The topological polar surface area (TPSA) is 22.1 Å². The standard InChI is InChI=1S/C13H13Br2NO/c14-7-1-2-8-17-11-5-3-10-4-6-13(15)16-12(10)9-11/h3-6,9H,1-2,7-8H2. The molecular weight excluding hydrogens is 346 g/mol. The molecule has 0 amide bonds. The smallest absolute Gasteiger partial charge is 0.121 e. The second-order valence-corrected chi connectivity index (χ2v) is 5.34. The number of fused-ring (bicyclic) bond motifs is 1. The molecule has 0 spiro atoms. The van der Waals surface area contributed by atoms with Crippen molar-refractivity contribution in [1.82, 2.24) is 4.98 Å². The predicted octanol–water partition coefficient (Wildman–Crippen LogP) is 4.55. The Hall–Kier alpha value is -0.610. The maximum atomic E-state index is 5.68. The van der Waals surface area contributed by atoms with E-state index in [2.05, 4.69) is 36.8 Å². The van der Waals surface area contributed by atoms with E-state index >= 15 is 0 Å². The fourth-order valence-corrected chi connectivity index (χ4v) is 2.27. The number of unbranched alkanes of at least 4 members (excludes halogenated alkanes) is 1. The Morgan fingerprint density at radius 2 is 1.94 bits per heavy atom. The molecule has 17 heavy (non-hydrogen) atoms.